The van der Waals surface area contributed by atoms with Crippen molar-refractivity contribution < 1.29 is 13.2 Å². The normalized spacial score (nSPS) is 15.4. The average molecular weight is 426 g/mol. The summed E-state index contributed by atoms with van der Waals surface area (Å²) < 4.78 is 39.6. The number of rotatable bonds is 7. The number of aromatic nitrogens is 3. The number of benzene rings is 1. The number of halogens is 3. The molecule has 1 aliphatic heterocycles. The topological polar surface area (TPSA) is 86.3 Å². The van der Waals surface area contributed by atoms with Gasteiger partial charge in [-0.3, -0.25) is 14.3 Å². The van der Waals surface area contributed by atoms with Crippen LogP contribution in [0.2, 0.25) is 0 Å². The summed E-state index contributed by atoms with van der Waals surface area (Å²) in [4.78, 5) is 27.4. The van der Waals surface area contributed by atoms with E-state index in [2.05, 4.69) is 20.4 Å². The van der Waals surface area contributed by atoms with Crippen LogP contribution < -0.4 is 21.5 Å². The molecule has 1 aromatic heterocycles. The third kappa shape index (κ3) is 5.41. The van der Waals surface area contributed by atoms with Crippen LogP contribution >= 0.6 is 0 Å². The molecule has 0 aliphatic carbocycles. The Bertz CT molecular complexity index is 964. The van der Waals surface area contributed by atoms with E-state index in [1.54, 1.807) is 6.07 Å². The highest BCUT2D eigenvalue weighted by Crippen LogP contribution is 2.31. The maximum atomic E-state index is 12.9. The first kappa shape index (κ1) is 21.9. The van der Waals surface area contributed by atoms with Crippen molar-refractivity contribution in [2.45, 2.75) is 19.0 Å². The first-order valence-corrected chi connectivity index (χ1v) is 9.80. The summed E-state index contributed by atoms with van der Waals surface area (Å²) in [5.74, 6) is 0.117. The third-order valence-electron chi connectivity index (χ3n) is 5.18. The number of unbranched alkanes of at least 4 members (excludes halogenated alkanes) is 1. The van der Waals surface area contributed by atoms with E-state index in [0.29, 0.717) is 25.3 Å². The van der Waals surface area contributed by atoms with Crippen molar-refractivity contribution in [3.8, 4) is 0 Å². The summed E-state index contributed by atoms with van der Waals surface area (Å²) in [6.07, 6.45) is -2.61. The van der Waals surface area contributed by atoms with E-state index in [0.717, 1.165) is 43.1 Å². The number of hydrogen-bond acceptors (Lipinski definition) is 6. The lowest BCUT2D eigenvalue weighted by Crippen LogP contribution is -2.46. The van der Waals surface area contributed by atoms with E-state index in [1.165, 1.54) is 19.2 Å². The maximum absolute atomic E-state index is 12.9. The lowest BCUT2D eigenvalue weighted by molar-refractivity contribution is -0.137. The van der Waals surface area contributed by atoms with Crippen molar-refractivity contribution in [3.63, 3.8) is 0 Å². The quantitative estimate of drug-likeness (QED) is 0.653. The van der Waals surface area contributed by atoms with Gasteiger partial charge in [0.05, 0.1) is 5.56 Å². The molecule has 1 aliphatic rings. The number of H-pyrrole nitrogens is 1. The second-order valence-electron chi connectivity index (χ2n) is 7.25. The molecule has 1 saturated heterocycles. The zero-order chi connectivity index (χ0) is 21.7. The number of piperazine rings is 1. The maximum Gasteiger partial charge on any atom is 0.416 e. The van der Waals surface area contributed by atoms with Gasteiger partial charge in [-0.15, -0.1) is 5.10 Å². The number of hydrogen-bond donors (Lipinski definition) is 2. The van der Waals surface area contributed by atoms with Gasteiger partial charge in [0.1, 0.15) is 0 Å². The lowest BCUT2D eigenvalue weighted by atomic mass is 10.1. The van der Waals surface area contributed by atoms with Crippen LogP contribution in [0.3, 0.4) is 0 Å². The van der Waals surface area contributed by atoms with Gasteiger partial charge in [-0.1, -0.05) is 6.07 Å². The fourth-order valence-corrected chi connectivity index (χ4v) is 3.37. The largest absolute Gasteiger partial charge is 0.416 e. The van der Waals surface area contributed by atoms with Gasteiger partial charge in [-0.2, -0.15) is 13.2 Å². The van der Waals surface area contributed by atoms with Crippen LogP contribution in [0.5, 0.6) is 0 Å². The van der Waals surface area contributed by atoms with Crippen LogP contribution in [0.15, 0.2) is 33.9 Å². The summed E-state index contributed by atoms with van der Waals surface area (Å²) in [5, 5.41) is 8.90. The van der Waals surface area contributed by atoms with Gasteiger partial charge < -0.3 is 10.2 Å². The minimum absolute atomic E-state index is 0.117. The summed E-state index contributed by atoms with van der Waals surface area (Å²) in [6, 6.07) is 5.45. The lowest BCUT2D eigenvalue weighted by Gasteiger charge is -2.36. The zero-order valence-corrected chi connectivity index (χ0v) is 16.7. The van der Waals surface area contributed by atoms with Gasteiger partial charge in [-0.05, 0) is 37.6 Å². The molecular formula is C19H25F3N6O2. The second-order valence-corrected chi connectivity index (χ2v) is 7.25. The molecule has 3 rings (SSSR count). The van der Waals surface area contributed by atoms with Gasteiger partial charge in [0, 0.05) is 45.5 Å². The molecule has 2 N–H and O–H groups in total. The molecule has 0 amide bonds. The SMILES string of the molecule is Cn1c(=O)[nH]nc(NCCCCN2CCN(c3cccc(C(F)(F)F)c3)CC2)c1=O. The predicted octanol–water partition coefficient (Wildman–Crippen LogP) is 1.50. The van der Waals surface area contributed by atoms with Crippen LogP contribution in [0, 0.1) is 0 Å². The van der Waals surface area contributed by atoms with Crippen LogP contribution in [0.1, 0.15) is 18.4 Å². The molecule has 0 saturated carbocycles. The van der Waals surface area contributed by atoms with E-state index in [1.807, 2.05) is 4.90 Å². The van der Waals surface area contributed by atoms with E-state index in [4.69, 9.17) is 0 Å². The molecule has 2 heterocycles. The molecule has 2 aromatic rings. The summed E-state index contributed by atoms with van der Waals surface area (Å²) in [7, 11) is 1.38. The van der Waals surface area contributed by atoms with Gasteiger partial charge in [-0.25, -0.2) is 9.89 Å². The molecule has 0 bridgehead atoms. The van der Waals surface area contributed by atoms with E-state index in [9.17, 15) is 22.8 Å². The van der Waals surface area contributed by atoms with Gasteiger partial charge in [0.25, 0.3) is 5.56 Å². The smallest absolute Gasteiger partial charge is 0.369 e. The van der Waals surface area contributed by atoms with Crippen molar-refractivity contribution in [3.05, 3.63) is 50.7 Å². The number of nitrogens with zero attached hydrogens (tertiary/aromatic N) is 4. The predicted molar refractivity (Wildman–Crippen MR) is 108 cm³/mol. The molecule has 8 nitrogen and oxygen atoms in total. The van der Waals surface area contributed by atoms with Crippen LogP contribution in [0.25, 0.3) is 0 Å². The van der Waals surface area contributed by atoms with E-state index >= 15 is 0 Å². The van der Waals surface area contributed by atoms with Crippen molar-refractivity contribution in [2.75, 3.05) is 49.5 Å². The van der Waals surface area contributed by atoms with Gasteiger partial charge in [0.2, 0.25) is 5.82 Å². The molecule has 1 fully saturated rings. The Kier molecular flexibility index (Phi) is 6.80. The Balaban J connectivity index is 1.39. The van der Waals surface area contributed by atoms with E-state index in [-0.39, 0.29) is 5.82 Å². The molecule has 1 aromatic carbocycles. The number of aromatic amines is 1. The Morgan fingerprint density at radius 3 is 2.57 bits per heavy atom. The summed E-state index contributed by atoms with van der Waals surface area (Å²) >= 11 is 0. The Hall–Kier alpha value is -2.82. The van der Waals surface area contributed by atoms with Crippen LogP contribution in [-0.4, -0.2) is 58.9 Å². The fraction of sp³-hybridized carbons (Fsp3) is 0.526. The minimum atomic E-state index is -4.33. The Labute approximate surface area is 171 Å². The van der Waals surface area contributed by atoms with Gasteiger partial charge >= 0.3 is 11.9 Å². The number of anilines is 2. The van der Waals surface area contributed by atoms with Crippen LogP contribution in [0.4, 0.5) is 24.7 Å². The first-order valence-electron chi connectivity index (χ1n) is 9.80. The first-order chi connectivity index (χ1) is 14.3. The molecule has 30 heavy (non-hydrogen) atoms. The Morgan fingerprint density at radius 1 is 1.13 bits per heavy atom. The molecule has 0 spiro atoms. The third-order valence-corrected chi connectivity index (χ3v) is 5.18. The molecule has 0 atom stereocenters. The highest BCUT2D eigenvalue weighted by molar-refractivity contribution is 5.49. The van der Waals surface area contributed by atoms with E-state index < -0.39 is 23.0 Å². The number of alkyl halides is 3. The van der Waals surface area contributed by atoms with Gasteiger partial charge in [0.15, 0.2) is 0 Å². The highest BCUT2D eigenvalue weighted by atomic mass is 19.4. The fourth-order valence-electron chi connectivity index (χ4n) is 3.37. The summed E-state index contributed by atoms with van der Waals surface area (Å²) in [6.45, 7) is 4.35. The standard InChI is InChI=1S/C19H25F3N6O2/c1-26-17(29)16(24-25-18(26)30)23-7-2-3-8-27-9-11-28(12-10-27)15-6-4-5-14(13-15)19(20,21)22/h4-6,13H,2-3,7-12H2,1H3,(H,23,24)(H,25,30). The van der Waals surface area contributed by atoms with Crippen molar-refractivity contribution in [1.82, 2.24) is 19.7 Å². The monoisotopic (exact) mass is 426 g/mol. The molecule has 0 unspecified atom stereocenters. The summed E-state index contributed by atoms with van der Waals surface area (Å²) in [5.41, 5.74) is -1.05. The molecule has 11 heteroatoms. The van der Waals surface area contributed by atoms with Crippen LogP contribution in [-0.2, 0) is 13.2 Å². The van der Waals surface area contributed by atoms with Crippen molar-refractivity contribution in [2.24, 2.45) is 7.05 Å². The number of nitrogens with one attached hydrogen (secondary N) is 2. The molecule has 164 valence electrons. The minimum Gasteiger partial charge on any atom is -0.369 e. The highest BCUT2D eigenvalue weighted by Gasteiger charge is 2.31. The van der Waals surface area contributed by atoms with Crippen molar-refractivity contribution in [1.29, 1.82) is 0 Å². The zero-order valence-electron chi connectivity index (χ0n) is 16.7. The molecular weight excluding hydrogens is 401 g/mol. The second kappa shape index (κ2) is 9.33. The molecule has 0 radical (unpaired) electrons. The average Bonchev–Trinajstić information content (AvgIpc) is 2.73. The van der Waals surface area contributed by atoms with Crippen molar-refractivity contribution >= 4 is 11.5 Å². The Morgan fingerprint density at radius 2 is 1.87 bits per heavy atom.